The number of aryl methyl sites for hydroxylation is 1. The first kappa shape index (κ1) is 11.3. The van der Waals surface area contributed by atoms with Crippen molar-refractivity contribution in [3.05, 3.63) is 30.0 Å². The molecule has 0 radical (unpaired) electrons. The highest BCUT2D eigenvalue weighted by atomic mass is 16.2. The number of fused-ring (bicyclic) bond motifs is 1. The molecule has 3 rings (SSSR count). The van der Waals surface area contributed by atoms with Crippen molar-refractivity contribution in [3.63, 3.8) is 0 Å². The Labute approximate surface area is 106 Å². The molecule has 1 aromatic heterocycles. The molecule has 94 valence electrons. The van der Waals surface area contributed by atoms with Crippen molar-refractivity contribution in [1.29, 1.82) is 0 Å². The smallest absolute Gasteiger partial charge is 0.241 e. The molecule has 1 amide bonds. The molecular weight excluding hydrogens is 226 g/mol. The lowest BCUT2D eigenvalue weighted by Gasteiger charge is -2.11. The van der Waals surface area contributed by atoms with Crippen LogP contribution < -0.4 is 10.6 Å². The SMILES string of the molecule is Cc1[nH]c2ccccc2c1NC(=O)C1CCCN1. The predicted molar refractivity (Wildman–Crippen MR) is 72.7 cm³/mol. The quantitative estimate of drug-likeness (QED) is 0.757. The third-order valence-electron chi connectivity index (χ3n) is 3.52. The molecule has 2 aromatic rings. The molecule has 1 aliphatic rings. The van der Waals surface area contributed by atoms with E-state index in [4.69, 9.17) is 0 Å². The molecule has 3 N–H and O–H groups in total. The minimum atomic E-state index is -0.0435. The van der Waals surface area contributed by atoms with Crippen LogP contribution in [-0.2, 0) is 4.79 Å². The Hall–Kier alpha value is -1.81. The van der Waals surface area contributed by atoms with Crippen molar-refractivity contribution in [2.45, 2.75) is 25.8 Å². The number of H-pyrrole nitrogens is 1. The number of benzene rings is 1. The molecule has 1 unspecified atom stereocenters. The number of amides is 1. The fourth-order valence-electron chi connectivity index (χ4n) is 2.56. The normalized spacial score (nSPS) is 19.3. The monoisotopic (exact) mass is 243 g/mol. The molecule has 0 aliphatic carbocycles. The average molecular weight is 243 g/mol. The van der Waals surface area contributed by atoms with Crippen molar-refractivity contribution in [3.8, 4) is 0 Å². The first-order valence-electron chi connectivity index (χ1n) is 6.37. The standard InChI is InChI=1S/C14H17N3O/c1-9-13(10-5-2-3-6-11(10)16-9)17-14(18)12-7-4-8-15-12/h2-3,5-6,12,15-16H,4,7-8H2,1H3,(H,17,18). The number of para-hydroxylation sites is 1. The van der Waals surface area contributed by atoms with Gasteiger partial charge < -0.3 is 15.6 Å². The first-order chi connectivity index (χ1) is 8.75. The van der Waals surface area contributed by atoms with Crippen LogP contribution in [0.2, 0.25) is 0 Å². The van der Waals surface area contributed by atoms with Crippen LogP contribution in [0, 0.1) is 6.92 Å². The van der Waals surface area contributed by atoms with Gasteiger partial charge in [-0.15, -0.1) is 0 Å². The van der Waals surface area contributed by atoms with Gasteiger partial charge in [-0.25, -0.2) is 0 Å². The van der Waals surface area contributed by atoms with Gasteiger partial charge in [-0.2, -0.15) is 0 Å². The zero-order chi connectivity index (χ0) is 12.5. The van der Waals surface area contributed by atoms with Crippen LogP contribution in [0.15, 0.2) is 24.3 Å². The number of rotatable bonds is 2. The van der Waals surface area contributed by atoms with Gasteiger partial charge in [0.2, 0.25) is 5.91 Å². The van der Waals surface area contributed by atoms with E-state index in [1.54, 1.807) is 0 Å². The molecule has 2 heterocycles. The van der Waals surface area contributed by atoms with Crippen LogP contribution in [-0.4, -0.2) is 23.5 Å². The second-order valence-electron chi connectivity index (χ2n) is 4.81. The molecular formula is C14H17N3O. The van der Waals surface area contributed by atoms with E-state index < -0.39 is 0 Å². The highest BCUT2D eigenvalue weighted by Gasteiger charge is 2.23. The third kappa shape index (κ3) is 1.88. The number of carbonyl (C=O) groups excluding carboxylic acids is 1. The maximum Gasteiger partial charge on any atom is 0.241 e. The van der Waals surface area contributed by atoms with Crippen LogP contribution >= 0.6 is 0 Å². The Balaban J connectivity index is 1.89. The Kier molecular flexibility index (Phi) is 2.80. The summed E-state index contributed by atoms with van der Waals surface area (Å²) in [7, 11) is 0. The van der Waals surface area contributed by atoms with Gasteiger partial charge in [0.05, 0.1) is 11.7 Å². The molecule has 1 aliphatic heterocycles. The van der Waals surface area contributed by atoms with E-state index >= 15 is 0 Å². The zero-order valence-corrected chi connectivity index (χ0v) is 10.4. The van der Waals surface area contributed by atoms with Gasteiger partial charge in [0.25, 0.3) is 0 Å². The van der Waals surface area contributed by atoms with Crippen molar-refractivity contribution in [2.75, 3.05) is 11.9 Å². The molecule has 0 saturated carbocycles. The number of carbonyl (C=O) groups is 1. The molecule has 1 aromatic carbocycles. The summed E-state index contributed by atoms with van der Waals surface area (Å²) in [6, 6.07) is 7.97. The van der Waals surface area contributed by atoms with E-state index in [1.165, 1.54) is 0 Å². The molecule has 0 spiro atoms. The van der Waals surface area contributed by atoms with E-state index in [0.29, 0.717) is 0 Å². The summed E-state index contributed by atoms with van der Waals surface area (Å²) >= 11 is 0. The molecule has 18 heavy (non-hydrogen) atoms. The predicted octanol–water partition coefficient (Wildman–Crippen LogP) is 2.17. The van der Waals surface area contributed by atoms with E-state index in [9.17, 15) is 4.79 Å². The summed E-state index contributed by atoms with van der Waals surface area (Å²) < 4.78 is 0. The number of hydrogen-bond donors (Lipinski definition) is 3. The summed E-state index contributed by atoms with van der Waals surface area (Å²) in [4.78, 5) is 15.4. The molecule has 0 bridgehead atoms. The number of anilines is 1. The largest absolute Gasteiger partial charge is 0.357 e. The van der Waals surface area contributed by atoms with Gasteiger partial charge in [0, 0.05) is 16.6 Å². The number of aromatic amines is 1. The number of nitrogens with one attached hydrogen (secondary N) is 3. The van der Waals surface area contributed by atoms with Gasteiger partial charge >= 0.3 is 0 Å². The van der Waals surface area contributed by atoms with Gasteiger partial charge in [-0.3, -0.25) is 4.79 Å². The second kappa shape index (κ2) is 4.46. The Morgan fingerprint density at radius 3 is 3.00 bits per heavy atom. The summed E-state index contributed by atoms with van der Waals surface area (Å²) in [6.07, 6.45) is 2.00. The van der Waals surface area contributed by atoms with E-state index in [-0.39, 0.29) is 11.9 Å². The second-order valence-corrected chi connectivity index (χ2v) is 4.81. The summed E-state index contributed by atoms with van der Waals surface area (Å²) in [5, 5.41) is 7.33. The maximum atomic E-state index is 12.1. The van der Waals surface area contributed by atoms with Crippen molar-refractivity contribution in [1.82, 2.24) is 10.3 Å². The Bertz CT molecular complexity index is 582. The number of hydrogen-bond acceptors (Lipinski definition) is 2. The maximum absolute atomic E-state index is 12.1. The van der Waals surface area contributed by atoms with Gasteiger partial charge in [-0.1, -0.05) is 18.2 Å². The van der Waals surface area contributed by atoms with E-state index in [0.717, 1.165) is 41.7 Å². The van der Waals surface area contributed by atoms with Crippen molar-refractivity contribution >= 4 is 22.5 Å². The van der Waals surface area contributed by atoms with Crippen LogP contribution in [0.5, 0.6) is 0 Å². The summed E-state index contributed by atoms with van der Waals surface area (Å²) in [5.41, 5.74) is 2.97. The lowest BCUT2D eigenvalue weighted by molar-refractivity contribution is -0.117. The highest BCUT2D eigenvalue weighted by Crippen LogP contribution is 2.27. The molecule has 1 saturated heterocycles. The first-order valence-corrected chi connectivity index (χ1v) is 6.37. The average Bonchev–Trinajstić information content (AvgIpc) is 2.98. The van der Waals surface area contributed by atoms with Crippen molar-refractivity contribution in [2.24, 2.45) is 0 Å². The third-order valence-corrected chi connectivity index (χ3v) is 3.52. The molecule has 4 heteroatoms. The minimum absolute atomic E-state index is 0.0435. The Morgan fingerprint density at radius 2 is 2.22 bits per heavy atom. The lowest BCUT2D eigenvalue weighted by Crippen LogP contribution is -2.35. The fraction of sp³-hybridized carbons (Fsp3) is 0.357. The summed E-state index contributed by atoms with van der Waals surface area (Å²) in [6.45, 7) is 2.92. The van der Waals surface area contributed by atoms with E-state index in [2.05, 4.69) is 15.6 Å². The van der Waals surface area contributed by atoms with Crippen LogP contribution in [0.3, 0.4) is 0 Å². The molecule has 4 nitrogen and oxygen atoms in total. The fourth-order valence-corrected chi connectivity index (χ4v) is 2.56. The van der Waals surface area contributed by atoms with Gasteiger partial charge in [0.15, 0.2) is 0 Å². The van der Waals surface area contributed by atoms with Crippen LogP contribution in [0.1, 0.15) is 18.5 Å². The van der Waals surface area contributed by atoms with E-state index in [1.807, 2.05) is 31.2 Å². The van der Waals surface area contributed by atoms with Gasteiger partial charge in [0.1, 0.15) is 0 Å². The Morgan fingerprint density at radius 1 is 1.39 bits per heavy atom. The topological polar surface area (TPSA) is 56.9 Å². The van der Waals surface area contributed by atoms with Crippen LogP contribution in [0.25, 0.3) is 10.9 Å². The lowest BCUT2D eigenvalue weighted by atomic mass is 10.2. The zero-order valence-electron chi connectivity index (χ0n) is 10.4. The van der Waals surface area contributed by atoms with Gasteiger partial charge in [-0.05, 0) is 32.4 Å². The molecule has 1 atom stereocenters. The minimum Gasteiger partial charge on any atom is -0.357 e. The highest BCUT2D eigenvalue weighted by molar-refractivity contribution is 6.04. The molecule has 1 fully saturated rings. The van der Waals surface area contributed by atoms with Crippen LogP contribution in [0.4, 0.5) is 5.69 Å². The van der Waals surface area contributed by atoms with Crippen molar-refractivity contribution < 1.29 is 4.79 Å². The number of aromatic nitrogens is 1. The summed E-state index contributed by atoms with van der Waals surface area (Å²) in [5.74, 6) is 0.0698.